The Labute approximate surface area is 198 Å². The summed E-state index contributed by atoms with van der Waals surface area (Å²) in [7, 11) is 0. The minimum atomic E-state index is 1.24. The Hall–Kier alpha value is -3.12. The first-order valence-corrected chi connectivity index (χ1v) is 12.2. The second-order valence-corrected chi connectivity index (χ2v) is 5.89. The van der Waals surface area contributed by atoms with Gasteiger partial charge in [-0.15, -0.1) is 0 Å². The van der Waals surface area contributed by atoms with Crippen molar-refractivity contribution < 1.29 is 0 Å². The largest absolute Gasteiger partial charge is 0.0683 e. The SMILES string of the molecule is CC.CC.CC.CC.c1ccc(-c2ccc(-c3ccc(-c4ccccc4)cc3)cc2)cc1. The molecule has 0 amide bonds. The van der Waals surface area contributed by atoms with E-state index in [9.17, 15) is 0 Å². The van der Waals surface area contributed by atoms with Crippen molar-refractivity contribution >= 4 is 0 Å². The molecular formula is C32H42. The molecule has 0 nitrogen and oxygen atoms in total. The number of hydrogen-bond acceptors (Lipinski definition) is 0. The van der Waals surface area contributed by atoms with Crippen molar-refractivity contribution in [1.82, 2.24) is 0 Å². The van der Waals surface area contributed by atoms with E-state index in [1.807, 2.05) is 67.5 Å². The highest BCUT2D eigenvalue weighted by Gasteiger charge is 2.01. The Morgan fingerprint density at radius 2 is 0.375 bits per heavy atom. The summed E-state index contributed by atoms with van der Waals surface area (Å²) in [4.78, 5) is 0. The van der Waals surface area contributed by atoms with Gasteiger partial charge >= 0.3 is 0 Å². The molecule has 0 unspecified atom stereocenters. The Morgan fingerprint density at radius 3 is 0.562 bits per heavy atom. The minimum absolute atomic E-state index is 1.24. The van der Waals surface area contributed by atoms with Gasteiger partial charge in [0.1, 0.15) is 0 Å². The molecule has 0 aliphatic rings. The van der Waals surface area contributed by atoms with Gasteiger partial charge in [-0.05, 0) is 33.4 Å². The summed E-state index contributed by atoms with van der Waals surface area (Å²) in [5.74, 6) is 0. The van der Waals surface area contributed by atoms with Crippen LogP contribution in [0.1, 0.15) is 55.4 Å². The fourth-order valence-electron chi connectivity index (χ4n) is 2.97. The molecule has 0 saturated carbocycles. The lowest BCUT2D eigenvalue weighted by Crippen LogP contribution is -1.81. The molecule has 0 spiro atoms. The number of benzene rings is 4. The molecule has 0 N–H and O–H groups in total. The molecule has 0 aliphatic heterocycles. The third-order valence-corrected chi connectivity index (χ3v) is 4.32. The summed E-state index contributed by atoms with van der Waals surface area (Å²) in [6.45, 7) is 16.0. The maximum absolute atomic E-state index is 2.19. The lowest BCUT2D eigenvalue weighted by molar-refractivity contribution is 1.50. The van der Waals surface area contributed by atoms with E-state index in [0.29, 0.717) is 0 Å². The predicted octanol–water partition coefficient (Wildman–Crippen LogP) is 10.8. The number of rotatable bonds is 3. The average Bonchev–Trinajstić information content (AvgIpc) is 2.94. The Kier molecular flexibility index (Phi) is 16.8. The van der Waals surface area contributed by atoms with Gasteiger partial charge in [0, 0.05) is 0 Å². The third kappa shape index (κ3) is 8.94. The molecule has 4 aromatic rings. The Bertz CT molecular complexity index is 822. The van der Waals surface area contributed by atoms with Gasteiger partial charge in [0.25, 0.3) is 0 Å². The van der Waals surface area contributed by atoms with Gasteiger partial charge in [-0.25, -0.2) is 0 Å². The fourth-order valence-corrected chi connectivity index (χ4v) is 2.97. The highest BCUT2D eigenvalue weighted by atomic mass is 14.1. The second-order valence-electron chi connectivity index (χ2n) is 5.89. The first kappa shape index (κ1) is 28.9. The molecule has 0 fully saturated rings. The van der Waals surface area contributed by atoms with Crippen LogP contribution < -0.4 is 0 Å². The minimum Gasteiger partial charge on any atom is -0.0683 e. The van der Waals surface area contributed by atoms with E-state index in [1.165, 1.54) is 33.4 Å². The maximum Gasteiger partial charge on any atom is -0.0184 e. The van der Waals surface area contributed by atoms with E-state index in [2.05, 4.69) is 97.1 Å². The van der Waals surface area contributed by atoms with Crippen LogP contribution in [-0.4, -0.2) is 0 Å². The molecule has 0 heteroatoms. The standard InChI is InChI=1S/C24H18.4C2H6/c1-3-7-19(8-4-1)21-11-15-23(16-12-21)24-17-13-22(14-18-24)20-9-5-2-6-10-20;4*1-2/h1-18H;4*1-2H3. The highest BCUT2D eigenvalue weighted by Crippen LogP contribution is 2.27. The molecule has 4 rings (SSSR count). The predicted molar refractivity (Wildman–Crippen MR) is 148 cm³/mol. The van der Waals surface area contributed by atoms with Crippen molar-refractivity contribution in [2.75, 3.05) is 0 Å². The van der Waals surface area contributed by atoms with Gasteiger partial charge in [0.2, 0.25) is 0 Å². The number of hydrogen-bond donors (Lipinski definition) is 0. The van der Waals surface area contributed by atoms with Crippen LogP contribution >= 0.6 is 0 Å². The van der Waals surface area contributed by atoms with Crippen LogP contribution in [0, 0.1) is 0 Å². The first-order chi connectivity index (χ1) is 15.9. The lowest BCUT2D eigenvalue weighted by atomic mass is 9.98. The monoisotopic (exact) mass is 426 g/mol. The van der Waals surface area contributed by atoms with E-state index >= 15 is 0 Å². The van der Waals surface area contributed by atoms with Crippen LogP contribution in [0.15, 0.2) is 109 Å². The smallest absolute Gasteiger partial charge is 0.0184 e. The van der Waals surface area contributed by atoms with Crippen LogP contribution in [0.25, 0.3) is 33.4 Å². The van der Waals surface area contributed by atoms with Gasteiger partial charge in [-0.2, -0.15) is 0 Å². The van der Waals surface area contributed by atoms with Crippen molar-refractivity contribution in [3.8, 4) is 33.4 Å². The summed E-state index contributed by atoms with van der Waals surface area (Å²) in [5.41, 5.74) is 7.50. The maximum atomic E-state index is 2.19. The Balaban J connectivity index is 0.00000109. The van der Waals surface area contributed by atoms with Gasteiger partial charge in [-0.3, -0.25) is 0 Å². The lowest BCUT2D eigenvalue weighted by Gasteiger charge is -2.07. The summed E-state index contributed by atoms with van der Waals surface area (Å²) in [6.07, 6.45) is 0. The van der Waals surface area contributed by atoms with Crippen LogP contribution in [0.4, 0.5) is 0 Å². The van der Waals surface area contributed by atoms with Crippen molar-refractivity contribution in [3.05, 3.63) is 109 Å². The topological polar surface area (TPSA) is 0 Å². The normalized spacial score (nSPS) is 8.62. The van der Waals surface area contributed by atoms with Gasteiger partial charge in [-0.1, -0.05) is 165 Å². The quantitative estimate of drug-likeness (QED) is 0.305. The molecule has 0 heterocycles. The first-order valence-electron chi connectivity index (χ1n) is 12.2. The average molecular weight is 427 g/mol. The summed E-state index contributed by atoms with van der Waals surface area (Å²) < 4.78 is 0. The van der Waals surface area contributed by atoms with Crippen LogP contribution in [0.3, 0.4) is 0 Å². The highest BCUT2D eigenvalue weighted by molar-refractivity contribution is 5.73. The van der Waals surface area contributed by atoms with E-state index in [1.54, 1.807) is 0 Å². The van der Waals surface area contributed by atoms with Crippen LogP contribution in [0.5, 0.6) is 0 Å². The zero-order valence-corrected chi connectivity index (χ0v) is 21.4. The molecule has 0 radical (unpaired) electrons. The molecule has 0 atom stereocenters. The van der Waals surface area contributed by atoms with Gasteiger partial charge in [0.05, 0.1) is 0 Å². The molecular weight excluding hydrogens is 384 g/mol. The van der Waals surface area contributed by atoms with Gasteiger partial charge < -0.3 is 0 Å². The molecule has 0 bridgehead atoms. The summed E-state index contributed by atoms with van der Waals surface area (Å²) in [5, 5.41) is 0. The molecule has 0 aliphatic carbocycles. The van der Waals surface area contributed by atoms with Crippen molar-refractivity contribution in [3.63, 3.8) is 0 Å². The zero-order valence-electron chi connectivity index (χ0n) is 21.4. The molecule has 4 aromatic carbocycles. The third-order valence-electron chi connectivity index (χ3n) is 4.32. The van der Waals surface area contributed by atoms with E-state index in [-0.39, 0.29) is 0 Å². The molecule has 0 aromatic heterocycles. The second kappa shape index (κ2) is 18.6. The van der Waals surface area contributed by atoms with E-state index in [0.717, 1.165) is 0 Å². The zero-order chi connectivity index (χ0) is 24.2. The molecule has 32 heavy (non-hydrogen) atoms. The summed E-state index contributed by atoms with van der Waals surface area (Å²) >= 11 is 0. The van der Waals surface area contributed by atoms with E-state index < -0.39 is 0 Å². The van der Waals surface area contributed by atoms with Crippen LogP contribution in [0.2, 0.25) is 0 Å². The Morgan fingerprint density at radius 1 is 0.219 bits per heavy atom. The molecule has 0 saturated heterocycles. The van der Waals surface area contributed by atoms with Crippen molar-refractivity contribution in [2.24, 2.45) is 0 Å². The van der Waals surface area contributed by atoms with Gasteiger partial charge in [0.15, 0.2) is 0 Å². The summed E-state index contributed by atoms with van der Waals surface area (Å²) in [6, 6.07) is 38.5. The fraction of sp³-hybridized carbons (Fsp3) is 0.250. The van der Waals surface area contributed by atoms with Crippen molar-refractivity contribution in [2.45, 2.75) is 55.4 Å². The van der Waals surface area contributed by atoms with E-state index in [4.69, 9.17) is 0 Å². The molecule has 170 valence electrons. The van der Waals surface area contributed by atoms with Crippen LogP contribution in [-0.2, 0) is 0 Å². The van der Waals surface area contributed by atoms with Crippen molar-refractivity contribution in [1.29, 1.82) is 0 Å².